The van der Waals surface area contributed by atoms with E-state index >= 15 is 0 Å². The van der Waals surface area contributed by atoms with Gasteiger partial charge in [0.25, 0.3) is 0 Å². The van der Waals surface area contributed by atoms with Gasteiger partial charge in [-0.05, 0) is 0 Å². The summed E-state index contributed by atoms with van der Waals surface area (Å²) in [5.74, 6) is -0.0432. The molecule has 3 heterocycles. The van der Waals surface area contributed by atoms with E-state index in [2.05, 4.69) is 15.1 Å². The standard InChI is InChI=1S/C10H13FN6O3/c11-5-6(19)4(2-18)20-7(5)3-1-14-9-8(12)15-10(13)16-17(3)9/h1,4-7,18-19H,2H2,(H4,12,13,15,16)/t4?,5-,6-,7+/m1/s1. The van der Waals surface area contributed by atoms with Crippen molar-refractivity contribution in [3.8, 4) is 0 Å². The summed E-state index contributed by atoms with van der Waals surface area (Å²) in [4.78, 5) is 7.72. The second-order valence-corrected chi connectivity index (χ2v) is 4.49. The highest BCUT2D eigenvalue weighted by Crippen LogP contribution is 2.35. The number of nitrogens with two attached hydrogens (primary N) is 2. The van der Waals surface area contributed by atoms with Gasteiger partial charge in [-0.2, -0.15) is 4.98 Å². The molecule has 20 heavy (non-hydrogen) atoms. The van der Waals surface area contributed by atoms with E-state index in [0.717, 1.165) is 0 Å². The number of imidazole rings is 1. The Balaban J connectivity index is 2.07. The van der Waals surface area contributed by atoms with Crippen LogP contribution in [0.25, 0.3) is 5.65 Å². The van der Waals surface area contributed by atoms with Crippen LogP contribution in [0.2, 0.25) is 0 Å². The minimum Gasteiger partial charge on any atom is -0.394 e. The molecule has 9 nitrogen and oxygen atoms in total. The lowest BCUT2D eigenvalue weighted by Crippen LogP contribution is -2.30. The third-order valence-electron chi connectivity index (χ3n) is 3.22. The Morgan fingerprint density at radius 1 is 1.45 bits per heavy atom. The summed E-state index contributed by atoms with van der Waals surface area (Å²) in [5.41, 5.74) is 11.6. The SMILES string of the molecule is Nc1nc(N)c2ncc([C@@H]3OC(CO)[C@@H](O)[C@H]3F)n2n1. The monoisotopic (exact) mass is 284 g/mol. The average molecular weight is 284 g/mol. The van der Waals surface area contributed by atoms with E-state index in [1.54, 1.807) is 0 Å². The Morgan fingerprint density at radius 2 is 2.20 bits per heavy atom. The number of anilines is 2. The summed E-state index contributed by atoms with van der Waals surface area (Å²) in [6.45, 7) is -0.492. The molecule has 0 amide bonds. The lowest BCUT2D eigenvalue weighted by molar-refractivity contribution is -0.0241. The van der Waals surface area contributed by atoms with Crippen LogP contribution in [0.3, 0.4) is 0 Å². The number of rotatable bonds is 2. The fourth-order valence-corrected chi connectivity index (χ4v) is 2.24. The number of hydrogen-bond acceptors (Lipinski definition) is 8. The van der Waals surface area contributed by atoms with E-state index in [-0.39, 0.29) is 23.1 Å². The molecule has 108 valence electrons. The Labute approximate surface area is 112 Å². The quantitative estimate of drug-likeness (QED) is 0.517. The Morgan fingerprint density at radius 3 is 2.85 bits per heavy atom. The molecular formula is C10H13FN6O3. The number of fused-ring (bicyclic) bond motifs is 1. The molecule has 1 unspecified atom stereocenters. The maximum atomic E-state index is 14.1. The number of aliphatic hydroxyl groups is 2. The maximum absolute atomic E-state index is 14.1. The molecule has 1 saturated heterocycles. The van der Waals surface area contributed by atoms with E-state index in [1.165, 1.54) is 10.7 Å². The van der Waals surface area contributed by atoms with Crippen molar-refractivity contribution in [1.82, 2.24) is 19.6 Å². The summed E-state index contributed by atoms with van der Waals surface area (Å²) in [6.07, 6.45) is -3.94. The van der Waals surface area contributed by atoms with Crippen LogP contribution in [0.4, 0.5) is 16.2 Å². The van der Waals surface area contributed by atoms with Crippen molar-refractivity contribution in [1.29, 1.82) is 0 Å². The summed E-state index contributed by atoms with van der Waals surface area (Å²) in [6, 6.07) is 0. The molecule has 3 rings (SSSR count). The van der Waals surface area contributed by atoms with Gasteiger partial charge < -0.3 is 26.4 Å². The molecule has 0 spiro atoms. The van der Waals surface area contributed by atoms with Gasteiger partial charge in [0, 0.05) is 0 Å². The smallest absolute Gasteiger partial charge is 0.240 e. The van der Waals surface area contributed by atoms with Gasteiger partial charge in [0.05, 0.1) is 18.5 Å². The molecular weight excluding hydrogens is 271 g/mol. The van der Waals surface area contributed by atoms with E-state index in [0.29, 0.717) is 0 Å². The Kier molecular flexibility index (Phi) is 2.92. The molecule has 10 heteroatoms. The summed E-state index contributed by atoms with van der Waals surface area (Å²) >= 11 is 0. The number of alkyl halides is 1. The number of aliphatic hydroxyl groups excluding tert-OH is 2. The molecule has 1 aliphatic rings. The molecule has 1 fully saturated rings. The highest BCUT2D eigenvalue weighted by molar-refractivity contribution is 5.60. The first-order chi connectivity index (χ1) is 9.52. The van der Waals surface area contributed by atoms with Crippen molar-refractivity contribution < 1.29 is 19.3 Å². The van der Waals surface area contributed by atoms with Crippen molar-refractivity contribution in [3.63, 3.8) is 0 Å². The number of aromatic nitrogens is 4. The number of halogens is 1. The van der Waals surface area contributed by atoms with Gasteiger partial charge in [0.15, 0.2) is 17.6 Å². The zero-order chi connectivity index (χ0) is 14.4. The molecule has 1 aliphatic heterocycles. The van der Waals surface area contributed by atoms with Gasteiger partial charge in [-0.3, -0.25) is 0 Å². The molecule has 2 aromatic rings. The zero-order valence-corrected chi connectivity index (χ0v) is 10.2. The molecule has 0 aliphatic carbocycles. The van der Waals surface area contributed by atoms with Gasteiger partial charge in [-0.15, -0.1) is 5.10 Å². The molecule has 6 N–H and O–H groups in total. The van der Waals surface area contributed by atoms with Gasteiger partial charge in [-0.25, -0.2) is 13.9 Å². The third-order valence-corrected chi connectivity index (χ3v) is 3.22. The van der Waals surface area contributed by atoms with Crippen LogP contribution in [0.1, 0.15) is 11.8 Å². The third kappa shape index (κ3) is 1.77. The summed E-state index contributed by atoms with van der Waals surface area (Å²) < 4.78 is 20.6. The first kappa shape index (κ1) is 13.0. The van der Waals surface area contributed by atoms with Crippen LogP contribution in [0.15, 0.2) is 6.20 Å². The Hall–Kier alpha value is -2.04. The van der Waals surface area contributed by atoms with E-state index in [1.807, 2.05) is 0 Å². The van der Waals surface area contributed by atoms with Crippen molar-refractivity contribution >= 4 is 17.4 Å². The minimum absolute atomic E-state index is 0.0522. The number of ether oxygens (including phenoxy) is 1. The van der Waals surface area contributed by atoms with Crippen LogP contribution in [0.5, 0.6) is 0 Å². The lowest BCUT2D eigenvalue weighted by Gasteiger charge is -2.12. The predicted molar refractivity (Wildman–Crippen MR) is 65.2 cm³/mol. The second-order valence-electron chi connectivity index (χ2n) is 4.49. The lowest BCUT2D eigenvalue weighted by atomic mass is 10.1. The first-order valence-corrected chi connectivity index (χ1v) is 5.88. The van der Waals surface area contributed by atoms with E-state index in [4.69, 9.17) is 21.3 Å². The van der Waals surface area contributed by atoms with Crippen LogP contribution in [-0.4, -0.2) is 54.8 Å². The fourth-order valence-electron chi connectivity index (χ4n) is 2.24. The topological polar surface area (TPSA) is 145 Å². The van der Waals surface area contributed by atoms with Gasteiger partial charge in [0.2, 0.25) is 5.95 Å². The molecule has 0 aromatic carbocycles. The molecule has 4 atom stereocenters. The van der Waals surface area contributed by atoms with Crippen molar-refractivity contribution in [2.75, 3.05) is 18.1 Å². The fraction of sp³-hybridized carbons (Fsp3) is 0.500. The van der Waals surface area contributed by atoms with Crippen molar-refractivity contribution in [2.45, 2.75) is 24.5 Å². The molecule has 2 aromatic heterocycles. The second kappa shape index (κ2) is 4.51. The van der Waals surface area contributed by atoms with Crippen LogP contribution >= 0.6 is 0 Å². The molecule has 0 radical (unpaired) electrons. The summed E-state index contributed by atoms with van der Waals surface area (Å²) in [5, 5.41) is 22.6. The highest BCUT2D eigenvalue weighted by Gasteiger charge is 2.46. The van der Waals surface area contributed by atoms with E-state index < -0.39 is 31.1 Å². The zero-order valence-electron chi connectivity index (χ0n) is 10.2. The molecule has 0 bridgehead atoms. The van der Waals surface area contributed by atoms with Crippen LogP contribution in [0, 0.1) is 0 Å². The van der Waals surface area contributed by atoms with Crippen molar-refractivity contribution in [3.05, 3.63) is 11.9 Å². The largest absolute Gasteiger partial charge is 0.394 e. The average Bonchev–Trinajstić information content (AvgIpc) is 2.93. The van der Waals surface area contributed by atoms with Gasteiger partial charge in [-0.1, -0.05) is 0 Å². The number of hydrogen-bond donors (Lipinski definition) is 4. The maximum Gasteiger partial charge on any atom is 0.240 e. The number of nitrogens with zero attached hydrogens (tertiary/aromatic N) is 4. The number of nitrogen functional groups attached to an aromatic ring is 2. The first-order valence-electron chi connectivity index (χ1n) is 5.88. The van der Waals surface area contributed by atoms with Crippen LogP contribution in [-0.2, 0) is 4.74 Å². The normalized spacial score (nSPS) is 30.1. The molecule has 0 saturated carbocycles. The highest BCUT2D eigenvalue weighted by atomic mass is 19.1. The predicted octanol–water partition coefficient (Wildman–Crippen LogP) is -1.58. The van der Waals surface area contributed by atoms with Gasteiger partial charge in [0.1, 0.15) is 18.3 Å². The van der Waals surface area contributed by atoms with Crippen molar-refractivity contribution in [2.24, 2.45) is 0 Å². The summed E-state index contributed by atoms with van der Waals surface area (Å²) in [7, 11) is 0. The minimum atomic E-state index is -1.72. The van der Waals surface area contributed by atoms with Gasteiger partial charge >= 0.3 is 0 Å². The van der Waals surface area contributed by atoms with E-state index in [9.17, 15) is 9.50 Å². The Bertz CT molecular complexity index is 649. The van der Waals surface area contributed by atoms with Crippen LogP contribution < -0.4 is 11.5 Å².